The smallest absolute Gasteiger partial charge is 0.157 e. The number of rotatable bonds is 3. The Morgan fingerprint density at radius 2 is 2.05 bits per heavy atom. The van der Waals surface area contributed by atoms with Crippen LogP contribution in [0.2, 0.25) is 0 Å². The molecule has 2 atom stereocenters. The molecular weight excluding hydrogens is 248 g/mol. The minimum absolute atomic E-state index is 0.554. The van der Waals surface area contributed by atoms with Crippen molar-refractivity contribution < 1.29 is 0 Å². The molecular formula is C16H24N4. The normalized spacial score (nSPS) is 23.4. The van der Waals surface area contributed by atoms with Gasteiger partial charge in [-0.05, 0) is 49.3 Å². The van der Waals surface area contributed by atoms with Crippen molar-refractivity contribution in [2.24, 2.45) is 11.8 Å². The van der Waals surface area contributed by atoms with Gasteiger partial charge >= 0.3 is 0 Å². The molecule has 0 saturated heterocycles. The summed E-state index contributed by atoms with van der Waals surface area (Å²) in [5, 5.41) is 8.08. The predicted octanol–water partition coefficient (Wildman–Crippen LogP) is 3.66. The van der Waals surface area contributed by atoms with E-state index in [2.05, 4.69) is 48.3 Å². The number of pyridine rings is 1. The third-order valence-corrected chi connectivity index (χ3v) is 4.53. The van der Waals surface area contributed by atoms with E-state index in [1.807, 2.05) is 4.52 Å². The number of aromatic nitrogens is 3. The Morgan fingerprint density at radius 1 is 1.25 bits per heavy atom. The Labute approximate surface area is 120 Å². The van der Waals surface area contributed by atoms with Gasteiger partial charge in [0.1, 0.15) is 12.1 Å². The molecule has 0 amide bonds. The van der Waals surface area contributed by atoms with Crippen molar-refractivity contribution in [3.8, 4) is 0 Å². The molecule has 4 nitrogen and oxygen atoms in total. The van der Waals surface area contributed by atoms with Crippen molar-refractivity contribution >= 4 is 11.5 Å². The highest BCUT2D eigenvalue weighted by Crippen LogP contribution is 2.32. The molecule has 1 aliphatic carbocycles. The first-order valence-corrected chi connectivity index (χ1v) is 7.72. The fraction of sp³-hybridized carbons (Fsp3) is 0.625. The number of nitrogens with zero attached hydrogens (tertiary/aromatic N) is 3. The maximum Gasteiger partial charge on any atom is 0.157 e. The number of fused-ring (bicyclic) bond motifs is 1. The van der Waals surface area contributed by atoms with Crippen molar-refractivity contribution in [1.82, 2.24) is 14.6 Å². The average molecular weight is 272 g/mol. The molecule has 1 aliphatic rings. The summed E-state index contributed by atoms with van der Waals surface area (Å²) in [6, 6.07) is 4.80. The molecule has 2 heterocycles. The summed E-state index contributed by atoms with van der Waals surface area (Å²) in [5.74, 6) is 2.56. The van der Waals surface area contributed by atoms with Crippen LogP contribution < -0.4 is 5.32 Å². The fourth-order valence-electron chi connectivity index (χ4n) is 3.49. The molecule has 3 rings (SSSR count). The number of nitrogens with one attached hydrogen (secondary N) is 1. The van der Waals surface area contributed by atoms with Crippen LogP contribution in [0.5, 0.6) is 0 Å². The van der Waals surface area contributed by atoms with E-state index in [4.69, 9.17) is 0 Å². The molecule has 0 bridgehead atoms. The zero-order valence-corrected chi connectivity index (χ0v) is 12.6. The van der Waals surface area contributed by atoms with Gasteiger partial charge < -0.3 is 5.32 Å². The summed E-state index contributed by atoms with van der Waals surface area (Å²) in [6.45, 7) is 6.79. The largest absolute Gasteiger partial charge is 0.367 e. The molecule has 1 saturated carbocycles. The van der Waals surface area contributed by atoms with Crippen LogP contribution in [-0.4, -0.2) is 20.6 Å². The van der Waals surface area contributed by atoms with Gasteiger partial charge in [-0.25, -0.2) is 4.98 Å². The van der Waals surface area contributed by atoms with E-state index in [1.165, 1.54) is 31.2 Å². The standard InChI is InChI=1S/C16H24N4/c1-11(2)13-6-4-5-7-14(13)19-16-9-12(3)8-15-17-10-18-20(15)16/h8-11,13-14,19H,4-7H2,1-3H3. The molecule has 0 aromatic carbocycles. The van der Waals surface area contributed by atoms with Crippen LogP contribution in [0.4, 0.5) is 5.82 Å². The molecule has 108 valence electrons. The first-order chi connectivity index (χ1) is 9.65. The first-order valence-electron chi connectivity index (χ1n) is 7.72. The van der Waals surface area contributed by atoms with E-state index >= 15 is 0 Å². The highest BCUT2D eigenvalue weighted by Gasteiger charge is 2.27. The van der Waals surface area contributed by atoms with Crippen molar-refractivity contribution in [1.29, 1.82) is 0 Å². The minimum atomic E-state index is 0.554. The third-order valence-electron chi connectivity index (χ3n) is 4.53. The molecule has 2 aromatic heterocycles. The van der Waals surface area contributed by atoms with Crippen molar-refractivity contribution in [2.75, 3.05) is 5.32 Å². The number of aryl methyl sites for hydroxylation is 1. The second-order valence-corrected chi connectivity index (χ2v) is 6.39. The van der Waals surface area contributed by atoms with Crippen LogP contribution in [0.15, 0.2) is 18.5 Å². The Kier molecular flexibility index (Phi) is 3.64. The highest BCUT2D eigenvalue weighted by molar-refractivity contribution is 5.51. The highest BCUT2D eigenvalue weighted by atomic mass is 15.3. The topological polar surface area (TPSA) is 42.2 Å². The van der Waals surface area contributed by atoms with Crippen molar-refractivity contribution in [3.05, 3.63) is 24.0 Å². The average Bonchev–Trinajstić information content (AvgIpc) is 2.87. The number of anilines is 1. The van der Waals surface area contributed by atoms with Crippen LogP contribution in [0.25, 0.3) is 5.65 Å². The molecule has 0 aliphatic heterocycles. The Hall–Kier alpha value is -1.58. The first kappa shape index (κ1) is 13.4. The maximum absolute atomic E-state index is 4.34. The van der Waals surface area contributed by atoms with Crippen LogP contribution in [0, 0.1) is 18.8 Å². The lowest BCUT2D eigenvalue weighted by molar-refractivity contribution is 0.253. The van der Waals surface area contributed by atoms with Crippen LogP contribution in [-0.2, 0) is 0 Å². The summed E-state index contributed by atoms with van der Waals surface area (Å²) >= 11 is 0. The van der Waals surface area contributed by atoms with E-state index in [9.17, 15) is 0 Å². The summed E-state index contributed by atoms with van der Waals surface area (Å²) in [5.41, 5.74) is 2.15. The van der Waals surface area contributed by atoms with E-state index in [1.54, 1.807) is 6.33 Å². The molecule has 1 fully saturated rings. The Balaban J connectivity index is 1.89. The van der Waals surface area contributed by atoms with Gasteiger partial charge in [0.15, 0.2) is 5.65 Å². The zero-order valence-electron chi connectivity index (χ0n) is 12.6. The van der Waals surface area contributed by atoms with Crippen LogP contribution in [0.1, 0.15) is 45.1 Å². The molecule has 0 spiro atoms. The second-order valence-electron chi connectivity index (χ2n) is 6.39. The molecule has 2 aromatic rings. The monoisotopic (exact) mass is 272 g/mol. The van der Waals surface area contributed by atoms with Gasteiger partial charge in [-0.1, -0.05) is 26.7 Å². The van der Waals surface area contributed by atoms with E-state index in [0.717, 1.165) is 23.3 Å². The van der Waals surface area contributed by atoms with Gasteiger partial charge in [0.2, 0.25) is 0 Å². The number of hydrogen-bond acceptors (Lipinski definition) is 3. The van der Waals surface area contributed by atoms with Gasteiger partial charge in [-0.3, -0.25) is 0 Å². The maximum atomic E-state index is 4.34. The summed E-state index contributed by atoms with van der Waals surface area (Å²) in [6.07, 6.45) is 6.91. The molecule has 2 unspecified atom stereocenters. The number of hydrogen-bond donors (Lipinski definition) is 1. The van der Waals surface area contributed by atoms with E-state index < -0.39 is 0 Å². The van der Waals surface area contributed by atoms with Crippen LogP contribution >= 0.6 is 0 Å². The molecule has 0 radical (unpaired) electrons. The zero-order chi connectivity index (χ0) is 14.1. The summed E-state index contributed by atoms with van der Waals surface area (Å²) in [4.78, 5) is 4.30. The lowest BCUT2D eigenvalue weighted by atomic mass is 9.78. The van der Waals surface area contributed by atoms with Crippen molar-refractivity contribution in [3.63, 3.8) is 0 Å². The third kappa shape index (κ3) is 2.51. The predicted molar refractivity (Wildman–Crippen MR) is 81.9 cm³/mol. The fourth-order valence-corrected chi connectivity index (χ4v) is 3.49. The quantitative estimate of drug-likeness (QED) is 0.927. The van der Waals surface area contributed by atoms with E-state index in [-0.39, 0.29) is 0 Å². The van der Waals surface area contributed by atoms with Crippen molar-refractivity contribution in [2.45, 2.75) is 52.5 Å². The van der Waals surface area contributed by atoms with Gasteiger partial charge in [0.25, 0.3) is 0 Å². The summed E-state index contributed by atoms with van der Waals surface area (Å²) < 4.78 is 1.92. The lowest BCUT2D eigenvalue weighted by Gasteiger charge is -2.35. The lowest BCUT2D eigenvalue weighted by Crippen LogP contribution is -2.35. The SMILES string of the molecule is Cc1cc(NC2CCCCC2C(C)C)n2ncnc2c1. The molecule has 20 heavy (non-hydrogen) atoms. The minimum Gasteiger partial charge on any atom is -0.367 e. The van der Waals surface area contributed by atoms with Crippen LogP contribution in [0.3, 0.4) is 0 Å². The molecule has 1 N–H and O–H groups in total. The summed E-state index contributed by atoms with van der Waals surface area (Å²) in [7, 11) is 0. The second kappa shape index (κ2) is 5.43. The van der Waals surface area contributed by atoms with Gasteiger partial charge in [0, 0.05) is 6.04 Å². The molecule has 4 heteroatoms. The van der Waals surface area contributed by atoms with Gasteiger partial charge in [-0.15, -0.1) is 0 Å². The Bertz CT molecular complexity index is 587. The van der Waals surface area contributed by atoms with E-state index in [0.29, 0.717) is 6.04 Å². The van der Waals surface area contributed by atoms with Gasteiger partial charge in [-0.2, -0.15) is 9.61 Å². The Morgan fingerprint density at radius 3 is 2.85 bits per heavy atom. The van der Waals surface area contributed by atoms with Gasteiger partial charge in [0.05, 0.1) is 0 Å².